The summed E-state index contributed by atoms with van der Waals surface area (Å²) in [6, 6.07) is 0.231. The van der Waals surface area contributed by atoms with E-state index in [1.807, 2.05) is 11.8 Å². The molecule has 1 aromatic rings. The van der Waals surface area contributed by atoms with Crippen molar-refractivity contribution < 1.29 is 0 Å². The quantitative estimate of drug-likeness (QED) is 0.801. The first-order valence-electron chi connectivity index (χ1n) is 6.55. The number of halogens is 1. The second-order valence-corrected chi connectivity index (χ2v) is 7.61. The summed E-state index contributed by atoms with van der Waals surface area (Å²) < 4.78 is 0.737. The van der Waals surface area contributed by atoms with E-state index in [0.717, 1.165) is 39.6 Å². The Morgan fingerprint density at radius 3 is 2.95 bits per heavy atom. The monoisotopic (exact) mass is 393 g/mol. The van der Waals surface area contributed by atoms with Crippen LogP contribution in [0.3, 0.4) is 0 Å². The topological polar surface area (TPSA) is 49.0 Å². The molecule has 0 bridgehead atoms. The van der Waals surface area contributed by atoms with Gasteiger partial charge in [0.05, 0.1) is 15.3 Å². The van der Waals surface area contributed by atoms with Crippen molar-refractivity contribution in [3.05, 3.63) is 25.4 Å². The van der Waals surface area contributed by atoms with Crippen LogP contribution in [0, 0.1) is 9.49 Å². The molecule has 0 spiro atoms. The summed E-state index contributed by atoms with van der Waals surface area (Å²) in [5, 5.41) is 0. The van der Waals surface area contributed by atoms with E-state index >= 15 is 0 Å². The van der Waals surface area contributed by atoms with Crippen molar-refractivity contribution in [3.63, 3.8) is 0 Å². The SMILES string of the molecule is CC(C)Cc1nc(C2CSCCN2C)[nH]c(=O)c1I. The Morgan fingerprint density at radius 1 is 1.58 bits per heavy atom. The van der Waals surface area contributed by atoms with Crippen molar-refractivity contribution in [1.82, 2.24) is 14.9 Å². The number of hydrogen-bond donors (Lipinski definition) is 1. The van der Waals surface area contributed by atoms with Crippen LogP contribution in [0.15, 0.2) is 4.79 Å². The number of nitrogens with zero attached hydrogens (tertiary/aromatic N) is 2. The second-order valence-electron chi connectivity index (χ2n) is 5.38. The molecule has 0 amide bonds. The molecule has 1 fully saturated rings. The lowest BCUT2D eigenvalue weighted by atomic mass is 10.1. The molecule has 1 atom stereocenters. The maximum atomic E-state index is 12.1. The van der Waals surface area contributed by atoms with Gasteiger partial charge in [-0.25, -0.2) is 4.98 Å². The number of aromatic amines is 1. The summed E-state index contributed by atoms with van der Waals surface area (Å²) in [5.41, 5.74) is 0.948. The van der Waals surface area contributed by atoms with Crippen LogP contribution in [0.2, 0.25) is 0 Å². The average molecular weight is 393 g/mol. The van der Waals surface area contributed by atoms with E-state index < -0.39 is 0 Å². The first-order chi connectivity index (χ1) is 8.99. The van der Waals surface area contributed by atoms with E-state index in [9.17, 15) is 4.79 Å². The third-order valence-corrected chi connectivity index (χ3v) is 5.40. The molecule has 6 heteroatoms. The minimum atomic E-state index is 0.00484. The largest absolute Gasteiger partial charge is 0.308 e. The highest BCUT2D eigenvalue weighted by atomic mass is 127. The first-order valence-corrected chi connectivity index (χ1v) is 8.79. The zero-order valence-electron chi connectivity index (χ0n) is 11.6. The van der Waals surface area contributed by atoms with Crippen LogP contribution in [0.1, 0.15) is 31.4 Å². The number of hydrogen-bond acceptors (Lipinski definition) is 4. The van der Waals surface area contributed by atoms with E-state index in [4.69, 9.17) is 4.98 Å². The van der Waals surface area contributed by atoms with Crippen LogP contribution >= 0.6 is 34.4 Å². The normalized spacial score (nSPS) is 21.0. The molecule has 1 aliphatic rings. The van der Waals surface area contributed by atoms with E-state index in [-0.39, 0.29) is 11.6 Å². The van der Waals surface area contributed by atoms with Gasteiger partial charge < -0.3 is 4.98 Å². The molecule has 1 saturated heterocycles. The van der Waals surface area contributed by atoms with Gasteiger partial charge in [0.25, 0.3) is 5.56 Å². The summed E-state index contributed by atoms with van der Waals surface area (Å²) in [6.45, 7) is 5.35. The Labute approximate surface area is 131 Å². The maximum absolute atomic E-state index is 12.1. The lowest BCUT2D eigenvalue weighted by Crippen LogP contribution is -2.35. The molecular formula is C13H20IN3OS. The van der Waals surface area contributed by atoms with Gasteiger partial charge in [-0.2, -0.15) is 11.8 Å². The second kappa shape index (κ2) is 6.58. The molecule has 0 radical (unpaired) electrons. The molecular weight excluding hydrogens is 373 g/mol. The third kappa shape index (κ3) is 3.72. The number of thioether (sulfide) groups is 1. The molecule has 0 aromatic carbocycles. The van der Waals surface area contributed by atoms with Crippen LogP contribution in [0.5, 0.6) is 0 Å². The van der Waals surface area contributed by atoms with Crippen LogP contribution in [0.4, 0.5) is 0 Å². The van der Waals surface area contributed by atoms with E-state index in [2.05, 4.69) is 53.4 Å². The smallest absolute Gasteiger partial charge is 0.264 e. The molecule has 0 aliphatic carbocycles. The molecule has 1 aliphatic heterocycles. The van der Waals surface area contributed by atoms with Crippen LogP contribution in [0.25, 0.3) is 0 Å². The third-order valence-electron chi connectivity index (χ3n) is 3.26. The predicted octanol–water partition coefficient (Wildman–Crippen LogP) is 2.29. The fraction of sp³-hybridized carbons (Fsp3) is 0.692. The van der Waals surface area contributed by atoms with Gasteiger partial charge in [0.2, 0.25) is 0 Å². The van der Waals surface area contributed by atoms with Crippen LogP contribution in [-0.2, 0) is 6.42 Å². The highest BCUT2D eigenvalue weighted by Crippen LogP contribution is 2.26. The Kier molecular flexibility index (Phi) is 5.30. The number of nitrogens with one attached hydrogen (secondary N) is 1. The number of rotatable bonds is 3. The minimum Gasteiger partial charge on any atom is -0.308 e. The minimum absolute atomic E-state index is 0.00484. The Hall–Kier alpha value is -0.0800. The summed E-state index contributed by atoms with van der Waals surface area (Å²) in [7, 11) is 2.10. The highest BCUT2D eigenvalue weighted by Gasteiger charge is 2.24. The lowest BCUT2D eigenvalue weighted by Gasteiger charge is -2.31. The Bertz CT molecular complexity index is 503. The van der Waals surface area contributed by atoms with E-state index in [0.29, 0.717) is 5.92 Å². The molecule has 1 aromatic heterocycles. The van der Waals surface area contributed by atoms with Gasteiger partial charge in [-0.05, 0) is 42.0 Å². The van der Waals surface area contributed by atoms with Gasteiger partial charge in [0.15, 0.2) is 0 Å². The zero-order chi connectivity index (χ0) is 14.0. The molecule has 4 nitrogen and oxygen atoms in total. The number of aromatic nitrogens is 2. The van der Waals surface area contributed by atoms with Gasteiger partial charge in [0.1, 0.15) is 5.82 Å². The maximum Gasteiger partial charge on any atom is 0.264 e. The van der Waals surface area contributed by atoms with Gasteiger partial charge in [-0.15, -0.1) is 0 Å². The lowest BCUT2D eigenvalue weighted by molar-refractivity contribution is 0.263. The van der Waals surface area contributed by atoms with E-state index in [1.54, 1.807) is 0 Å². The van der Waals surface area contributed by atoms with Crippen molar-refractivity contribution >= 4 is 34.4 Å². The van der Waals surface area contributed by atoms with E-state index in [1.165, 1.54) is 0 Å². The molecule has 1 N–H and O–H groups in total. The molecule has 106 valence electrons. The van der Waals surface area contributed by atoms with Gasteiger partial charge in [0, 0.05) is 18.1 Å². The fourth-order valence-corrected chi connectivity index (χ4v) is 3.87. The number of H-pyrrole nitrogens is 1. The molecule has 2 rings (SSSR count). The average Bonchev–Trinajstić information content (AvgIpc) is 2.35. The van der Waals surface area contributed by atoms with Crippen molar-refractivity contribution in [2.75, 3.05) is 25.1 Å². The van der Waals surface area contributed by atoms with Crippen molar-refractivity contribution in [2.45, 2.75) is 26.3 Å². The standard InChI is InChI=1S/C13H20IN3OS/c1-8(2)6-9-11(14)13(18)16-12(15-9)10-7-19-5-4-17(10)3/h8,10H,4-7H2,1-3H3,(H,15,16,18). The van der Waals surface area contributed by atoms with Gasteiger partial charge in [-0.1, -0.05) is 13.8 Å². The molecule has 0 saturated carbocycles. The summed E-state index contributed by atoms with van der Waals surface area (Å²) in [6.07, 6.45) is 0.860. The summed E-state index contributed by atoms with van der Waals surface area (Å²) in [4.78, 5) is 22.0. The first kappa shape index (κ1) is 15.3. The van der Waals surface area contributed by atoms with Crippen LogP contribution in [-0.4, -0.2) is 40.0 Å². The zero-order valence-corrected chi connectivity index (χ0v) is 14.5. The van der Waals surface area contributed by atoms with Gasteiger partial charge >= 0.3 is 0 Å². The van der Waals surface area contributed by atoms with Crippen molar-refractivity contribution in [3.8, 4) is 0 Å². The summed E-state index contributed by atoms with van der Waals surface area (Å²) in [5.74, 6) is 3.49. The van der Waals surface area contributed by atoms with Crippen molar-refractivity contribution in [2.24, 2.45) is 5.92 Å². The van der Waals surface area contributed by atoms with Crippen LogP contribution < -0.4 is 5.56 Å². The Morgan fingerprint density at radius 2 is 2.32 bits per heavy atom. The van der Waals surface area contributed by atoms with Gasteiger partial charge in [-0.3, -0.25) is 9.69 Å². The fourth-order valence-electron chi connectivity index (χ4n) is 2.18. The predicted molar refractivity (Wildman–Crippen MR) is 88.8 cm³/mol. The van der Waals surface area contributed by atoms with Crippen molar-refractivity contribution in [1.29, 1.82) is 0 Å². The molecule has 1 unspecified atom stereocenters. The Balaban J connectivity index is 2.35. The summed E-state index contributed by atoms with van der Waals surface area (Å²) >= 11 is 4.03. The molecule has 2 heterocycles. The molecule has 19 heavy (non-hydrogen) atoms. The highest BCUT2D eigenvalue weighted by molar-refractivity contribution is 14.1.